The lowest BCUT2D eigenvalue weighted by molar-refractivity contribution is 0.0602. The summed E-state index contributed by atoms with van der Waals surface area (Å²) in [6.07, 6.45) is 0. The van der Waals surface area contributed by atoms with Gasteiger partial charge in [0.1, 0.15) is 11.5 Å². The number of rotatable bonds is 8. The molecule has 0 aliphatic heterocycles. The van der Waals surface area contributed by atoms with Crippen molar-refractivity contribution in [3.63, 3.8) is 0 Å². The van der Waals surface area contributed by atoms with Crippen molar-refractivity contribution in [3.8, 4) is 11.5 Å². The van der Waals surface area contributed by atoms with Crippen molar-refractivity contribution < 1.29 is 18.8 Å². The van der Waals surface area contributed by atoms with E-state index in [1.54, 1.807) is 0 Å². The second-order valence-corrected chi connectivity index (χ2v) is 5.07. The monoisotopic (exact) mass is 322 g/mol. The molecule has 0 unspecified atom stereocenters. The number of thiol groups is 2. The molecule has 0 aromatic heterocycles. The highest BCUT2D eigenvalue weighted by Gasteiger charge is 1.97. The fraction of sp³-hybridized carbons (Fsp3) is 0.143. The van der Waals surface area contributed by atoms with Gasteiger partial charge in [0, 0.05) is 9.79 Å². The van der Waals surface area contributed by atoms with Crippen LogP contribution in [0, 0.1) is 0 Å². The molecule has 0 fully saturated rings. The van der Waals surface area contributed by atoms with Gasteiger partial charge in [0.05, 0.1) is 0 Å². The van der Waals surface area contributed by atoms with Crippen molar-refractivity contribution >= 4 is 32.9 Å². The molecule has 2 rings (SSSR count). The molecule has 0 amide bonds. The van der Waals surface area contributed by atoms with Gasteiger partial charge < -0.3 is 18.8 Å². The third-order valence-electron chi connectivity index (χ3n) is 2.46. The van der Waals surface area contributed by atoms with Crippen LogP contribution in [-0.4, -0.2) is 21.3 Å². The van der Waals surface area contributed by atoms with Crippen molar-refractivity contribution in [1.29, 1.82) is 0 Å². The molecule has 2 aromatic rings. The van der Waals surface area contributed by atoms with E-state index < -0.39 is 0 Å². The Morgan fingerprint density at radius 2 is 1.05 bits per heavy atom. The lowest BCUT2D eigenvalue weighted by Crippen LogP contribution is -2.13. The van der Waals surface area contributed by atoms with E-state index in [1.807, 2.05) is 48.5 Å². The quantitative estimate of drug-likeness (QED) is 0.339. The van der Waals surface area contributed by atoms with Crippen LogP contribution < -0.4 is 9.47 Å². The molecule has 0 radical (unpaired) electrons. The van der Waals surface area contributed by atoms with Gasteiger partial charge in [0.2, 0.25) is 0 Å². The maximum absolute atomic E-state index is 5.35. The van der Waals surface area contributed by atoms with Gasteiger partial charge in [-0.25, -0.2) is 0 Å². The van der Waals surface area contributed by atoms with Gasteiger partial charge in [-0.15, -0.1) is 25.3 Å². The van der Waals surface area contributed by atoms with E-state index in [0.29, 0.717) is 0 Å². The van der Waals surface area contributed by atoms with Crippen molar-refractivity contribution in [1.82, 2.24) is 0 Å². The summed E-state index contributed by atoms with van der Waals surface area (Å²) in [5, 5.41) is 0. The Hall–Kier alpha value is -1.28. The van der Waals surface area contributed by atoms with E-state index in [1.165, 1.54) is 0 Å². The molecular formula is C14H15BO4S2. The zero-order valence-corrected chi connectivity index (χ0v) is 13.1. The molecule has 0 spiro atoms. The van der Waals surface area contributed by atoms with Gasteiger partial charge in [0.25, 0.3) is 0 Å². The average Bonchev–Trinajstić information content (AvgIpc) is 2.50. The summed E-state index contributed by atoms with van der Waals surface area (Å²) in [7, 11) is 0.0926. The van der Waals surface area contributed by atoms with E-state index in [4.69, 9.17) is 18.8 Å². The van der Waals surface area contributed by atoms with Crippen LogP contribution >= 0.6 is 25.3 Å². The first-order valence-corrected chi connectivity index (χ1v) is 7.12. The molecule has 0 aliphatic rings. The maximum atomic E-state index is 5.35. The predicted octanol–water partition coefficient (Wildman–Crippen LogP) is 2.94. The molecule has 0 atom stereocenters. The van der Waals surface area contributed by atoms with Crippen LogP contribution in [0.15, 0.2) is 58.3 Å². The molecule has 21 heavy (non-hydrogen) atoms. The summed E-state index contributed by atoms with van der Waals surface area (Å²) in [5.41, 5.74) is 0. The Morgan fingerprint density at radius 1 is 0.667 bits per heavy atom. The normalized spacial score (nSPS) is 10.2. The second-order valence-electron chi connectivity index (χ2n) is 4.04. The molecule has 2 aromatic carbocycles. The summed E-state index contributed by atoms with van der Waals surface area (Å²) in [4.78, 5) is 1.77. The number of hydrogen-bond acceptors (Lipinski definition) is 6. The minimum atomic E-state index is 0.0926. The van der Waals surface area contributed by atoms with Crippen LogP contribution in [0.5, 0.6) is 11.5 Å². The van der Waals surface area contributed by atoms with E-state index in [-0.39, 0.29) is 21.3 Å². The van der Waals surface area contributed by atoms with Gasteiger partial charge in [0.15, 0.2) is 13.6 Å². The smallest absolute Gasteiger partial charge is 0.442 e. The fourth-order valence-electron chi connectivity index (χ4n) is 1.43. The average molecular weight is 322 g/mol. The summed E-state index contributed by atoms with van der Waals surface area (Å²) in [6.45, 7) is 0.223. The van der Waals surface area contributed by atoms with Gasteiger partial charge in [-0.1, -0.05) is 0 Å². The first-order chi connectivity index (χ1) is 10.2. The number of ether oxygens (including phenoxy) is 2. The highest BCUT2D eigenvalue weighted by atomic mass is 32.1. The molecule has 0 saturated heterocycles. The van der Waals surface area contributed by atoms with Crippen molar-refractivity contribution in [3.05, 3.63) is 48.5 Å². The van der Waals surface area contributed by atoms with E-state index >= 15 is 0 Å². The standard InChI is InChI=1S/C14H15BO4S2/c20-13-5-1-11(2-6-13)16-9-18-15-19-10-17-12-3-7-14(21)8-4-12/h1-8,15,20-21H,9-10H2. The molecule has 4 nitrogen and oxygen atoms in total. The highest BCUT2D eigenvalue weighted by Crippen LogP contribution is 2.15. The third-order valence-corrected chi connectivity index (χ3v) is 3.05. The molecule has 110 valence electrons. The summed E-state index contributed by atoms with van der Waals surface area (Å²) in [5.74, 6) is 1.44. The summed E-state index contributed by atoms with van der Waals surface area (Å²) in [6, 6.07) is 14.7. The van der Waals surface area contributed by atoms with Crippen LogP contribution in [0.25, 0.3) is 0 Å². The van der Waals surface area contributed by atoms with Crippen LogP contribution in [0.3, 0.4) is 0 Å². The number of hydrogen-bond donors (Lipinski definition) is 2. The fourth-order valence-corrected chi connectivity index (χ4v) is 1.73. The molecule has 7 heteroatoms. The Morgan fingerprint density at radius 3 is 1.43 bits per heavy atom. The van der Waals surface area contributed by atoms with Crippen LogP contribution in [0.4, 0.5) is 0 Å². The summed E-state index contributed by atoms with van der Waals surface area (Å²) < 4.78 is 21.0. The Balaban J connectivity index is 1.52. The van der Waals surface area contributed by atoms with Gasteiger partial charge in [-0.05, 0) is 48.5 Å². The van der Waals surface area contributed by atoms with Crippen LogP contribution in [0.1, 0.15) is 0 Å². The SMILES string of the molecule is Sc1ccc(OCOBOCOc2ccc(S)cc2)cc1. The molecule has 0 saturated carbocycles. The van der Waals surface area contributed by atoms with E-state index in [9.17, 15) is 0 Å². The zero-order valence-electron chi connectivity index (χ0n) is 11.3. The van der Waals surface area contributed by atoms with E-state index in [0.717, 1.165) is 21.3 Å². The van der Waals surface area contributed by atoms with Crippen LogP contribution in [0.2, 0.25) is 0 Å². The van der Waals surface area contributed by atoms with Crippen molar-refractivity contribution in [2.24, 2.45) is 0 Å². The molecule has 0 N–H and O–H groups in total. The van der Waals surface area contributed by atoms with Gasteiger partial charge in [-0.3, -0.25) is 0 Å². The van der Waals surface area contributed by atoms with Gasteiger partial charge in [-0.2, -0.15) is 0 Å². The topological polar surface area (TPSA) is 36.9 Å². The maximum Gasteiger partial charge on any atom is 0.442 e. The third kappa shape index (κ3) is 6.35. The summed E-state index contributed by atoms with van der Waals surface area (Å²) >= 11 is 8.38. The second kappa shape index (κ2) is 8.89. The zero-order chi connectivity index (χ0) is 14.9. The Labute approximate surface area is 135 Å². The minimum Gasteiger partial charge on any atom is -0.469 e. The number of benzene rings is 2. The highest BCUT2D eigenvalue weighted by molar-refractivity contribution is 7.80. The lowest BCUT2D eigenvalue weighted by atomic mass is 10.3. The lowest BCUT2D eigenvalue weighted by Gasteiger charge is -2.08. The largest absolute Gasteiger partial charge is 0.469 e. The predicted molar refractivity (Wildman–Crippen MR) is 87.7 cm³/mol. The molecule has 0 heterocycles. The molecule has 0 aliphatic carbocycles. The van der Waals surface area contributed by atoms with Crippen LogP contribution in [-0.2, 0) is 9.31 Å². The van der Waals surface area contributed by atoms with Crippen molar-refractivity contribution in [2.75, 3.05) is 13.6 Å². The van der Waals surface area contributed by atoms with E-state index in [2.05, 4.69) is 25.3 Å². The first-order valence-electron chi connectivity index (χ1n) is 6.23. The Bertz CT molecular complexity index is 484. The first kappa shape index (κ1) is 16.1. The molecular weight excluding hydrogens is 307 g/mol. The molecule has 0 bridgehead atoms. The van der Waals surface area contributed by atoms with Crippen molar-refractivity contribution in [2.45, 2.75) is 9.79 Å². The minimum absolute atomic E-state index is 0.0926. The Kier molecular flexibility index (Phi) is 6.82. The van der Waals surface area contributed by atoms with Gasteiger partial charge >= 0.3 is 7.69 Å².